The zero-order chi connectivity index (χ0) is 13.2. The van der Waals surface area contributed by atoms with Gasteiger partial charge in [0.25, 0.3) is 0 Å². The fraction of sp³-hybridized carbons (Fsp3) is 0.615. The lowest BCUT2D eigenvalue weighted by atomic mass is 9.68. The molecular formula is C13H18BrN3O. The van der Waals surface area contributed by atoms with Crippen LogP contribution in [-0.4, -0.2) is 15.9 Å². The predicted molar refractivity (Wildman–Crippen MR) is 74.1 cm³/mol. The first-order valence-corrected chi connectivity index (χ1v) is 7.07. The number of carbonyl (C=O) groups is 1. The molecule has 98 valence electrons. The van der Waals surface area contributed by atoms with Gasteiger partial charge in [-0.3, -0.25) is 4.79 Å². The van der Waals surface area contributed by atoms with Crippen molar-refractivity contribution in [3.8, 4) is 0 Å². The maximum absolute atomic E-state index is 12.3. The molecule has 0 bridgehead atoms. The van der Waals surface area contributed by atoms with Crippen LogP contribution < -0.4 is 5.32 Å². The third-order valence-electron chi connectivity index (χ3n) is 3.70. The zero-order valence-corrected chi connectivity index (χ0v) is 12.3. The van der Waals surface area contributed by atoms with Gasteiger partial charge < -0.3 is 5.32 Å². The summed E-state index contributed by atoms with van der Waals surface area (Å²) in [5.41, 5.74) is 0.0745. The van der Waals surface area contributed by atoms with Gasteiger partial charge in [0.2, 0.25) is 5.91 Å². The molecule has 5 heteroatoms. The number of anilines is 1. The lowest BCUT2D eigenvalue weighted by Gasteiger charge is -2.37. The van der Waals surface area contributed by atoms with E-state index in [0.717, 1.165) is 19.3 Å². The van der Waals surface area contributed by atoms with Crippen LogP contribution in [0.5, 0.6) is 0 Å². The molecule has 1 saturated carbocycles. The van der Waals surface area contributed by atoms with Gasteiger partial charge in [0.05, 0.1) is 12.4 Å². The number of hydrogen-bond acceptors (Lipinski definition) is 3. The molecule has 0 saturated heterocycles. The van der Waals surface area contributed by atoms with Gasteiger partial charge in [-0.05, 0) is 34.2 Å². The van der Waals surface area contributed by atoms with Crippen molar-refractivity contribution in [2.75, 3.05) is 5.32 Å². The van der Waals surface area contributed by atoms with Crippen LogP contribution >= 0.6 is 15.9 Å². The van der Waals surface area contributed by atoms with Crippen LogP contribution in [0.25, 0.3) is 0 Å². The lowest BCUT2D eigenvalue weighted by Crippen LogP contribution is -2.37. The largest absolute Gasteiger partial charge is 0.309 e. The van der Waals surface area contributed by atoms with Crippen LogP contribution in [0.15, 0.2) is 17.0 Å². The van der Waals surface area contributed by atoms with E-state index in [1.54, 1.807) is 12.4 Å². The number of aromatic nitrogens is 2. The molecule has 1 heterocycles. The summed E-state index contributed by atoms with van der Waals surface area (Å²) in [6.45, 7) is 4.34. The number of rotatable bonds is 2. The summed E-state index contributed by atoms with van der Waals surface area (Å²) < 4.78 is 0.665. The first kappa shape index (κ1) is 13.5. The molecule has 2 rings (SSSR count). The van der Waals surface area contributed by atoms with Gasteiger partial charge in [-0.1, -0.05) is 26.7 Å². The van der Waals surface area contributed by atoms with Crippen molar-refractivity contribution < 1.29 is 4.79 Å². The second-order valence-corrected chi connectivity index (χ2v) is 6.31. The number of amides is 1. The molecule has 0 radical (unpaired) electrons. The molecule has 18 heavy (non-hydrogen) atoms. The molecule has 1 amide bonds. The van der Waals surface area contributed by atoms with E-state index in [0.29, 0.717) is 10.4 Å². The summed E-state index contributed by atoms with van der Waals surface area (Å²) in [6.07, 6.45) is 7.57. The summed E-state index contributed by atoms with van der Waals surface area (Å²) in [5.74, 6) is 0.651. The van der Waals surface area contributed by atoms with Crippen molar-refractivity contribution in [3.63, 3.8) is 0 Å². The van der Waals surface area contributed by atoms with Crippen molar-refractivity contribution >= 4 is 27.7 Å². The van der Waals surface area contributed by atoms with Crippen molar-refractivity contribution in [2.24, 2.45) is 11.3 Å². The number of halogens is 1. The summed E-state index contributed by atoms with van der Waals surface area (Å²) in [5, 5.41) is 2.86. The number of carbonyl (C=O) groups excluding carboxylic acids is 1. The highest BCUT2D eigenvalue weighted by Crippen LogP contribution is 2.40. The van der Waals surface area contributed by atoms with Crippen LogP contribution in [0.4, 0.5) is 5.82 Å². The van der Waals surface area contributed by atoms with Crippen LogP contribution in [0.2, 0.25) is 0 Å². The Morgan fingerprint density at radius 3 is 2.78 bits per heavy atom. The van der Waals surface area contributed by atoms with E-state index in [9.17, 15) is 4.79 Å². The highest BCUT2D eigenvalue weighted by molar-refractivity contribution is 9.10. The molecule has 1 unspecified atom stereocenters. The molecule has 1 aliphatic carbocycles. The smallest absolute Gasteiger partial charge is 0.229 e. The summed E-state index contributed by atoms with van der Waals surface area (Å²) in [7, 11) is 0. The molecule has 1 N–H and O–H groups in total. The van der Waals surface area contributed by atoms with Crippen LogP contribution in [0, 0.1) is 11.3 Å². The second kappa shape index (κ2) is 5.34. The van der Waals surface area contributed by atoms with Gasteiger partial charge in [0.15, 0.2) is 5.82 Å². The minimum absolute atomic E-state index is 0.0660. The minimum Gasteiger partial charge on any atom is -0.309 e. The molecule has 1 atom stereocenters. The Hall–Kier alpha value is -0.970. The van der Waals surface area contributed by atoms with Crippen LogP contribution in [0.1, 0.15) is 39.5 Å². The molecule has 1 aromatic rings. The highest BCUT2D eigenvalue weighted by atomic mass is 79.9. The Morgan fingerprint density at radius 2 is 2.17 bits per heavy atom. The zero-order valence-electron chi connectivity index (χ0n) is 10.7. The topological polar surface area (TPSA) is 54.9 Å². The van der Waals surface area contributed by atoms with Crippen molar-refractivity contribution in [2.45, 2.75) is 39.5 Å². The van der Waals surface area contributed by atoms with E-state index in [2.05, 4.69) is 45.1 Å². The first-order chi connectivity index (χ1) is 8.49. The van der Waals surface area contributed by atoms with E-state index in [-0.39, 0.29) is 17.2 Å². The predicted octanol–water partition coefficient (Wildman–Crippen LogP) is 3.39. The molecular weight excluding hydrogens is 294 g/mol. The second-order valence-electron chi connectivity index (χ2n) is 5.50. The third kappa shape index (κ3) is 3.07. The van der Waals surface area contributed by atoms with Gasteiger partial charge >= 0.3 is 0 Å². The van der Waals surface area contributed by atoms with E-state index in [1.165, 1.54) is 6.42 Å². The highest BCUT2D eigenvalue weighted by Gasteiger charge is 2.37. The summed E-state index contributed by atoms with van der Waals surface area (Å²) in [6, 6.07) is 0. The van der Waals surface area contributed by atoms with Crippen LogP contribution in [0.3, 0.4) is 0 Å². The Balaban J connectivity index is 2.05. The SMILES string of the molecule is CC1(C)CCCCC1C(=O)Nc1cnc(Br)cn1. The van der Waals surface area contributed by atoms with Gasteiger partial charge in [0.1, 0.15) is 4.60 Å². The molecule has 0 spiro atoms. The fourth-order valence-electron chi connectivity index (χ4n) is 2.57. The van der Waals surface area contributed by atoms with E-state index in [4.69, 9.17) is 0 Å². The molecule has 4 nitrogen and oxygen atoms in total. The normalized spacial score (nSPS) is 22.5. The van der Waals surface area contributed by atoms with Crippen molar-refractivity contribution in [1.29, 1.82) is 0 Å². The number of hydrogen-bond donors (Lipinski definition) is 1. The maximum atomic E-state index is 12.3. The fourth-order valence-corrected chi connectivity index (χ4v) is 2.77. The average Bonchev–Trinajstić information content (AvgIpc) is 2.31. The van der Waals surface area contributed by atoms with Gasteiger partial charge in [-0.2, -0.15) is 0 Å². The Kier molecular flexibility index (Phi) is 4.00. The minimum atomic E-state index is 0.0660. The van der Waals surface area contributed by atoms with E-state index < -0.39 is 0 Å². The first-order valence-electron chi connectivity index (χ1n) is 6.27. The lowest BCUT2D eigenvalue weighted by molar-refractivity contribution is -0.124. The summed E-state index contributed by atoms with van der Waals surface area (Å²) in [4.78, 5) is 20.5. The van der Waals surface area contributed by atoms with E-state index >= 15 is 0 Å². The van der Waals surface area contributed by atoms with Gasteiger partial charge in [-0.15, -0.1) is 0 Å². The van der Waals surface area contributed by atoms with Crippen molar-refractivity contribution in [1.82, 2.24) is 9.97 Å². The Labute approximate surface area is 116 Å². The van der Waals surface area contributed by atoms with E-state index in [1.807, 2.05) is 0 Å². The molecule has 1 aromatic heterocycles. The van der Waals surface area contributed by atoms with Gasteiger partial charge in [0, 0.05) is 5.92 Å². The van der Waals surface area contributed by atoms with Crippen LogP contribution in [-0.2, 0) is 4.79 Å². The molecule has 0 aromatic carbocycles. The Morgan fingerprint density at radius 1 is 1.39 bits per heavy atom. The Bertz CT molecular complexity index is 430. The molecule has 0 aliphatic heterocycles. The van der Waals surface area contributed by atoms with Gasteiger partial charge in [-0.25, -0.2) is 9.97 Å². The molecule has 1 fully saturated rings. The maximum Gasteiger partial charge on any atom is 0.229 e. The monoisotopic (exact) mass is 311 g/mol. The number of nitrogens with zero attached hydrogens (tertiary/aromatic N) is 2. The molecule has 1 aliphatic rings. The third-order valence-corrected chi connectivity index (χ3v) is 4.10. The number of nitrogens with one attached hydrogen (secondary N) is 1. The summed E-state index contributed by atoms with van der Waals surface area (Å²) >= 11 is 3.22. The average molecular weight is 312 g/mol. The van der Waals surface area contributed by atoms with Crippen molar-refractivity contribution in [3.05, 3.63) is 17.0 Å². The quantitative estimate of drug-likeness (QED) is 0.910. The standard InChI is InChI=1S/C13H18BrN3O/c1-13(2)6-4-3-5-9(13)12(18)17-11-8-15-10(14)7-16-11/h7-9H,3-6H2,1-2H3,(H,16,17,18).